The Hall–Kier alpha value is -3.02. The SMILES string of the molecule is Cc1cccc(OCC(=O)NNC(=O)c2ccccc2OCCC(C)C)c1C. The van der Waals surface area contributed by atoms with Gasteiger partial charge in [0.15, 0.2) is 6.61 Å². The molecule has 0 fully saturated rings. The van der Waals surface area contributed by atoms with Gasteiger partial charge in [0.25, 0.3) is 11.8 Å². The van der Waals surface area contributed by atoms with Crippen molar-refractivity contribution in [2.24, 2.45) is 5.92 Å². The maximum atomic E-state index is 12.4. The van der Waals surface area contributed by atoms with Crippen LogP contribution in [0.2, 0.25) is 0 Å². The van der Waals surface area contributed by atoms with Gasteiger partial charge in [0.2, 0.25) is 0 Å². The summed E-state index contributed by atoms with van der Waals surface area (Å²) in [7, 11) is 0. The average Bonchev–Trinajstić information content (AvgIpc) is 2.67. The Bertz CT molecular complexity index is 818. The van der Waals surface area contributed by atoms with Crippen LogP contribution in [0.5, 0.6) is 11.5 Å². The van der Waals surface area contributed by atoms with Gasteiger partial charge < -0.3 is 9.47 Å². The predicted octanol–water partition coefficient (Wildman–Crippen LogP) is 3.57. The Labute approximate surface area is 166 Å². The molecular weight excluding hydrogens is 356 g/mol. The van der Waals surface area contributed by atoms with Gasteiger partial charge in [0.1, 0.15) is 11.5 Å². The lowest BCUT2D eigenvalue weighted by Gasteiger charge is -2.14. The molecule has 0 saturated carbocycles. The minimum atomic E-state index is -0.451. The number of hydrazine groups is 1. The molecule has 0 heterocycles. The molecule has 28 heavy (non-hydrogen) atoms. The number of nitrogens with one attached hydrogen (secondary N) is 2. The molecule has 6 heteroatoms. The normalized spacial score (nSPS) is 10.5. The molecule has 0 radical (unpaired) electrons. The molecule has 0 unspecified atom stereocenters. The standard InChI is InChI=1S/C22H28N2O4/c1-15(2)12-13-27-20-10-6-5-9-18(20)22(26)24-23-21(25)14-28-19-11-7-8-16(3)17(19)4/h5-11,15H,12-14H2,1-4H3,(H,23,25)(H,24,26). The third-order valence-corrected chi connectivity index (χ3v) is 4.31. The molecule has 0 bridgehead atoms. The molecule has 0 aliphatic rings. The van der Waals surface area contributed by atoms with E-state index >= 15 is 0 Å². The Balaban J connectivity index is 1.86. The summed E-state index contributed by atoms with van der Waals surface area (Å²) in [5.41, 5.74) is 7.19. The van der Waals surface area contributed by atoms with Crippen LogP contribution in [0.4, 0.5) is 0 Å². The van der Waals surface area contributed by atoms with Crippen molar-refractivity contribution in [2.45, 2.75) is 34.1 Å². The van der Waals surface area contributed by atoms with Gasteiger partial charge in [0.05, 0.1) is 12.2 Å². The molecule has 2 amide bonds. The Morgan fingerprint density at radius 1 is 0.929 bits per heavy atom. The Morgan fingerprint density at radius 2 is 1.64 bits per heavy atom. The van der Waals surface area contributed by atoms with Crippen LogP contribution in [0.1, 0.15) is 41.8 Å². The number of hydrogen-bond acceptors (Lipinski definition) is 4. The van der Waals surface area contributed by atoms with Crippen molar-refractivity contribution < 1.29 is 19.1 Å². The highest BCUT2D eigenvalue weighted by molar-refractivity contribution is 5.97. The quantitative estimate of drug-likeness (QED) is 0.682. The van der Waals surface area contributed by atoms with Gasteiger partial charge in [-0.05, 0) is 55.5 Å². The van der Waals surface area contributed by atoms with E-state index in [1.165, 1.54) is 0 Å². The van der Waals surface area contributed by atoms with E-state index in [0.29, 0.717) is 29.6 Å². The van der Waals surface area contributed by atoms with Gasteiger partial charge in [-0.25, -0.2) is 0 Å². The molecule has 2 N–H and O–H groups in total. The second kappa shape index (κ2) is 10.3. The molecule has 0 aromatic heterocycles. The van der Waals surface area contributed by atoms with Gasteiger partial charge in [0, 0.05) is 0 Å². The van der Waals surface area contributed by atoms with Gasteiger partial charge in [-0.15, -0.1) is 0 Å². The minimum absolute atomic E-state index is 0.197. The molecule has 0 aliphatic heterocycles. The van der Waals surface area contributed by atoms with Crippen molar-refractivity contribution in [2.75, 3.05) is 13.2 Å². The molecule has 2 rings (SSSR count). The summed E-state index contributed by atoms with van der Waals surface area (Å²) in [6.07, 6.45) is 0.891. The number of benzene rings is 2. The third kappa shape index (κ3) is 6.30. The largest absolute Gasteiger partial charge is 0.493 e. The first kappa shape index (κ1) is 21.3. The smallest absolute Gasteiger partial charge is 0.276 e. The zero-order valence-electron chi connectivity index (χ0n) is 16.9. The van der Waals surface area contributed by atoms with E-state index in [4.69, 9.17) is 9.47 Å². The zero-order valence-corrected chi connectivity index (χ0v) is 16.9. The summed E-state index contributed by atoms with van der Waals surface area (Å²) in [6, 6.07) is 12.6. The summed E-state index contributed by atoms with van der Waals surface area (Å²) in [6.45, 7) is 8.45. The maximum Gasteiger partial charge on any atom is 0.276 e. The summed E-state index contributed by atoms with van der Waals surface area (Å²) in [4.78, 5) is 24.4. The first-order chi connectivity index (χ1) is 13.4. The van der Waals surface area contributed by atoms with E-state index in [0.717, 1.165) is 17.5 Å². The monoisotopic (exact) mass is 384 g/mol. The highest BCUT2D eigenvalue weighted by Gasteiger charge is 2.13. The van der Waals surface area contributed by atoms with Crippen LogP contribution in [-0.4, -0.2) is 25.0 Å². The molecule has 0 saturated heterocycles. The molecule has 0 spiro atoms. The number of carbonyl (C=O) groups excluding carboxylic acids is 2. The number of hydrogen-bond donors (Lipinski definition) is 2. The first-order valence-electron chi connectivity index (χ1n) is 9.38. The second-order valence-electron chi connectivity index (χ2n) is 7.02. The van der Waals surface area contributed by atoms with Crippen LogP contribution in [0, 0.1) is 19.8 Å². The van der Waals surface area contributed by atoms with Gasteiger partial charge in [-0.3, -0.25) is 20.4 Å². The molecule has 0 atom stereocenters. The van der Waals surface area contributed by atoms with E-state index in [2.05, 4.69) is 24.7 Å². The number of rotatable bonds is 8. The van der Waals surface area contributed by atoms with Crippen molar-refractivity contribution in [1.82, 2.24) is 10.9 Å². The molecular formula is C22H28N2O4. The van der Waals surface area contributed by atoms with Crippen LogP contribution in [0.25, 0.3) is 0 Å². The summed E-state index contributed by atoms with van der Waals surface area (Å²) >= 11 is 0. The number of ether oxygens (including phenoxy) is 2. The lowest BCUT2D eigenvalue weighted by atomic mass is 10.1. The van der Waals surface area contributed by atoms with Crippen LogP contribution in [-0.2, 0) is 4.79 Å². The molecule has 6 nitrogen and oxygen atoms in total. The number of para-hydroxylation sites is 1. The van der Waals surface area contributed by atoms with Crippen molar-refractivity contribution in [3.05, 3.63) is 59.2 Å². The summed E-state index contributed by atoms with van der Waals surface area (Å²) < 4.78 is 11.2. The lowest BCUT2D eigenvalue weighted by Crippen LogP contribution is -2.44. The number of aryl methyl sites for hydroxylation is 1. The second-order valence-corrected chi connectivity index (χ2v) is 7.02. The van der Waals surface area contributed by atoms with Crippen molar-refractivity contribution in [1.29, 1.82) is 0 Å². The third-order valence-electron chi connectivity index (χ3n) is 4.31. The molecule has 2 aromatic carbocycles. The van der Waals surface area contributed by atoms with E-state index in [-0.39, 0.29) is 6.61 Å². The van der Waals surface area contributed by atoms with E-state index in [9.17, 15) is 9.59 Å². The Kier molecular flexibility index (Phi) is 7.87. The summed E-state index contributed by atoms with van der Waals surface area (Å²) in [5, 5.41) is 0. The summed E-state index contributed by atoms with van der Waals surface area (Å²) in [5.74, 6) is 0.747. The van der Waals surface area contributed by atoms with Gasteiger partial charge >= 0.3 is 0 Å². The Morgan fingerprint density at radius 3 is 2.39 bits per heavy atom. The van der Waals surface area contributed by atoms with Crippen molar-refractivity contribution >= 4 is 11.8 Å². The topological polar surface area (TPSA) is 76.7 Å². The molecule has 150 valence electrons. The van der Waals surface area contributed by atoms with Crippen molar-refractivity contribution in [3.8, 4) is 11.5 Å². The fourth-order valence-corrected chi connectivity index (χ4v) is 2.44. The highest BCUT2D eigenvalue weighted by Crippen LogP contribution is 2.20. The minimum Gasteiger partial charge on any atom is -0.493 e. The van der Waals surface area contributed by atoms with Crippen LogP contribution in [0.3, 0.4) is 0 Å². The predicted molar refractivity (Wildman–Crippen MR) is 108 cm³/mol. The van der Waals surface area contributed by atoms with Crippen LogP contribution < -0.4 is 20.3 Å². The van der Waals surface area contributed by atoms with Crippen LogP contribution in [0.15, 0.2) is 42.5 Å². The highest BCUT2D eigenvalue weighted by atomic mass is 16.5. The fourth-order valence-electron chi connectivity index (χ4n) is 2.44. The maximum absolute atomic E-state index is 12.4. The van der Waals surface area contributed by atoms with E-state index < -0.39 is 11.8 Å². The molecule has 2 aromatic rings. The average molecular weight is 384 g/mol. The lowest BCUT2D eigenvalue weighted by molar-refractivity contribution is -0.123. The molecule has 0 aliphatic carbocycles. The van der Waals surface area contributed by atoms with Crippen LogP contribution >= 0.6 is 0 Å². The fraction of sp³-hybridized carbons (Fsp3) is 0.364. The number of amides is 2. The van der Waals surface area contributed by atoms with Gasteiger partial charge in [-0.1, -0.05) is 38.1 Å². The van der Waals surface area contributed by atoms with E-state index in [1.54, 1.807) is 30.3 Å². The van der Waals surface area contributed by atoms with E-state index in [1.807, 2.05) is 26.0 Å². The first-order valence-corrected chi connectivity index (χ1v) is 9.38. The zero-order chi connectivity index (χ0) is 20.5. The van der Waals surface area contributed by atoms with Crippen molar-refractivity contribution in [3.63, 3.8) is 0 Å². The van der Waals surface area contributed by atoms with Gasteiger partial charge in [-0.2, -0.15) is 0 Å². The number of carbonyl (C=O) groups is 2.